The molecule has 0 aliphatic heterocycles. The number of nitrogens with one attached hydrogen (secondary N) is 2. The lowest BCUT2D eigenvalue weighted by atomic mass is 10.3. The third-order valence-corrected chi connectivity index (χ3v) is 2.10. The number of carbonyl (C=O) groups is 2. The van der Waals surface area contributed by atoms with Crippen LogP contribution in [-0.2, 0) is 9.59 Å². The molecule has 2 amide bonds. The van der Waals surface area contributed by atoms with Crippen LogP contribution in [0.4, 0.5) is 0 Å². The fourth-order valence-electron chi connectivity index (χ4n) is 0.719. The topological polar surface area (TPSA) is 84.2 Å². The van der Waals surface area contributed by atoms with Crippen LogP contribution in [0.3, 0.4) is 0 Å². The van der Waals surface area contributed by atoms with Crippen LogP contribution in [0, 0.1) is 0 Å². The molecule has 0 saturated heterocycles. The Morgan fingerprint density at radius 3 is 2.54 bits per heavy atom. The second-order valence-corrected chi connectivity index (χ2v) is 3.41. The molecular formula is C7H15N3O2S. The van der Waals surface area contributed by atoms with E-state index in [4.69, 9.17) is 5.84 Å². The van der Waals surface area contributed by atoms with Crippen molar-refractivity contribution in [2.75, 3.05) is 18.6 Å². The summed E-state index contributed by atoms with van der Waals surface area (Å²) in [7, 11) is 0. The Bertz CT molecular complexity index is 175. The van der Waals surface area contributed by atoms with E-state index in [0.29, 0.717) is 6.54 Å². The molecule has 0 radical (unpaired) electrons. The number of rotatable bonds is 5. The van der Waals surface area contributed by atoms with Gasteiger partial charge in [-0.15, -0.1) is 0 Å². The van der Waals surface area contributed by atoms with Crippen molar-refractivity contribution in [2.24, 2.45) is 5.84 Å². The number of unbranched alkanes of at least 4 members (excludes halogenated alkanes) is 1. The van der Waals surface area contributed by atoms with E-state index < -0.39 is 11.8 Å². The Morgan fingerprint density at radius 1 is 1.31 bits per heavy atom. The second-order valence-electron chi connectivity index (χ2n) is 2.43. The highest BCUT2D eigenvalue weighted by atomic mass is 32.2. The van der Waals surface area contributed by atoms with Crippen LogP contribution in [0.5, 0.6) is 0 Å². The molecular weight excluding hydrogens is 190 g/mol. The van der Waals surface area contributed by atoms with Gasteiger partial charge in [0.15, 0.2) is 0 Å². The van der Waals surface area contributed by atoms with Crippen LogP contribution in [0.15, 0.2) is 0 Å². The first kappa shape index (κ1) is 12.2. The van der Waals surface area contributed by atoms with Crippen molar-refractivity contribution in [3.63, 3.8) is 0 Å². The first-order chi connectivity index (χ1) is 6.22. The van der Waals surface area contributed by atoms with Crippen LogP contribution in [0.2, 0.25) is 0 Å². The summed E-state index contributed by atoms with van der Waals surface area (Å²) in [6.07, 6.45) is 3.94. The van der Waals surface area contributed by atoms with Crippen molar-refractivity contribution in [3.8, 4) is 0 Å². The van der Waals surface area contributed by atoms with E-state index in [-0.39, 0.29) is 0 Å². The van der Waals surface area contributed by atoms with Gasteiger partial charge in [0.2, 0.25) is 0 Å². The lowest BCUT2D eigenvalue weighted by molar-refractivity contribution is -0.139. The zero-order valence-corrected chi connectivity index (χ0v) is 8.45. The summed E-state index contributed by atoms with van der Waals surface area (Å²) in [5, 5.41) is 2.45. The minimum atomic E-state index is -0.801. The van der Waals surface area contributed by atoms with Crippen molar-refractivity contribution in [1.29, 1.82) is 0 Å². The fourth-order valence-corrected chi connectivity index (χ4v) is 1.21. The summed E-state index contributed by atoms with van der Waals surface area (Å²) >= 11 is 1.76. The van der Waals surface area contributed by atoms with Crippen molar-refractivity contribution < 1.29 is 9.59 Å². The van der Waals surface area contributed by atoms with Crippen LogP contribution in [0.25, 0.3) is 0 Å². The van der Waals surface area contributed by atoms with E-state index in [2.05, 4.69) is 5.32 Å². The van der Waals surface area contributed by atoms with Gasteiger partial charge in [-0.3, -0.25) is 15.0 Å². The highest BCUT2D eigenvalue weighted by molar-refractivity contribution is 7.98. The normalized spacial score (nSPS) is 9.38. The first-order valence-electron chi connectivity index (χ1n) is 4.00. The van der Waals surface area contributed by atoms with Crippen molar-refractivity contribution >= 4 is 23.6 Å². The van der Waals surface area contributed by atoms with E-state index in [9.17, 15) is 9.59 Å². The molecule has 4 N–H and O–H groups in total. The van der Waals surface area contributed by atoms with E-state index in [0.717, 1.165) is 18.6 Å². The highest BCUT2D eigenvalue weighted by Gasteiger charge is 2.09. The predicted molar refractivity (Wildman–Crippen MR) is 53.0 cm³/mol. The fraction of sp³-hybridized carbons (Fsp3) is 0.714. The summed E-state index contributed by atoms with van der Waals surface area (Å²) in [6, 6.07) is 0. The molecule has 0 unspecified atom stereocenters. The van der Waals surface area contributed by atoms with E-state index >= 15 is 0 Å². The number of hydrogen-bond acceptors (Lipinski definition) is 4. The van der Waals surface area contributed by atoms with Crippen LogP contribution in [0.1, 0.15) is 12.8 Å². The summed E-state index contributed by atoms with van der Waals surface area (Å²) in [5.74, 6) is 4.35. The molecule has 0 bridgehead atoms. The molecule has 0 aliphatic rings. The van der Waals surface area contributed by atoms with Crippen LogP contribution < -0.4 is 16.6 Å². The van der Waals surface area contributed by atoms with Crippen molar-refractivity contribution in [3.05, 3.63) is 0 Å². The van der Waals surface area contributed by atoms with Crippen LogP contribution in [-0.4, -0.2) is 30.4 Å². The average molecular weight is 205 g/mol. The number of amides is 2. The Hall–Kier alpha value is -0.750. The lowest BCUT2D eigenvalue weighted by Crippen LogP contribution is -2.43. The summed E-state index contributed by atoms with van der Waals surface area (Å²) in [5.41, 5.74) is 1.76. The molecule has 0 heterocycles. The zero-order chi connectivity index (χ0) is 10.1. The lowest BCUT2D eigenvalue weighted by Gasteiger charge is -2.02. The van der Waals surface area contributed by atoms with E-state index in [1.165, 1.54) is 0 Å². The molecule has 0 atom stereocenters. The Labute approximate surface area is 81.8 Å². The monoisotopic (exact) mass is 205 g/mol. The summed E-state index contributed by atoms with van der Waals surface area (Å²) in [6.45, 7) is 0.521. The largest absolute Gasteiger partial charge is 0.348 e. The predicted octanol–water partition coefficient (Wildman–Crippen LogP) is -0.764. The number of carbonyl (C=O) groups excluding carboxylic acids is 2. The molecule has 6 heteroatoms. The molecule has 0 spiro atoms. The van der Waals surface area contributed by atoms with Gasteiger partial charge in [0.1, 0.15) is 0 Å². The van der Waals surface area contributed by atoms with Gasteiger partial charge in [0, 0.05) is 6.54 Å². The highest BCUT2D eigenvalue weighted by Crippen LogP contribution is 1.97. The van der Waals surface area contributed by atoms with Crippen molar-refractivity contribution in [1.82, 2.24) is 10.7 Å². The van der Waals surface area contributed by atoms with Gasteiger partial charge in [0.05, 0.1) is 0 Å². The molecule has 0 saturated carbocycles. The molecule has 0 aromatic heterocycles. The number of thioether (sulfide) groups is 1. The van der Waals surface area contributed by atoms with Gasteiger partial charge in [-0.05, 0) is 24.9 Å². The maximum Gasteiger partial charge on any atom is 0.323 e. The van der Waals surface area contributed by atoms with Crippen LogP contribution >= 0.6 is 11.8 Å². The second kappa shape index (κ2) is 7.88. The van der Waals surface area contributed by atoms with Gasteiger partial charge in [0.25, 0.3) is 0 Å². The molecule has 76 valence electrons. The SMILES string of the molecule is CSCCCCNC(=O)C(=O)NN. The Morgan fingerprint density at radius 2 is 2.00 bits per heavy atom. The Balaban J connectivity index is 3.32. The van der Waals surface area contributed by atoms with Crippen molar-refractivity contribution in [2.45, 2.75) is 12.8 Å². The standard InChI is InChI=1S/C7H15N3O2S/c1-13-5-3-2-4-9-6(11)7(12)10-8/h2-5,8H2,1H3,(H,9,11)(H,10,12). The van der Waals surface area contributed by atoms with E-state index in [1.54, 1.807) is 17.2 Å². The van der Waals surface area contributed by atoms with Gasteiger partial charge in [-0.1, -0.05) is 0 Å². The number of hydrogen-bond donors (Lipinski definition) is 3. The van der Waals surface area contributed by atoms with Gasteiger partial charge in [-0.2, -0.15) is 11.8 Å². The zero-order valence-electron chi connectivity index (χ0n) is 7.63. The molecule has 0 fully saturated rings. The number of nitrogens with two attached hydrogens (primary N) is 1. The summed E-state index contributed by atoms with van der Waals surface area (Å²) < 4.78 is 0. The first-order valence-corrected chi connectivity index (χ1v) is 5.39. The maximum atomic E-state index is 10.8. The molecule has 5 nitrogen and oxygen atoms in total. The maximum absolute atomic E-state index is 10.8. The quantitative estimate of drug-likeness (QED) is 0.181. The molecule has 13 heavy (non-hydrogen) atoms. The van der Waals surface area contributed by atoms with Gasteiger partial charge >= 0.3 is 11.8 Å². The molecule has 0 rings (SSSR count). The molecule has 0 aromatic rings. The smallest absolute Gasteiger partial charge is 0.323 e. The molecule has 0 aromatic carbocycles. The number of hydrazine groups is 1. The third-order valence-electron chi connectivity index (χ3n) is 1.40. The minimum absolute atomic E-state index is 0.521. The van der Waals surface area contributed by atoms with Gasteiger partial charge in [-0.25, -0.2) is 5.84 Å². The van der Waals surface area contributed by atoms with Gasteiger partial charge < -0.3 is 5.32 Å². The summed E-state index contributed by atoms with van der Waals surface area (Å²) in [4.78, 5) is 21.4. The third kappa shape index (κ3) is 6.41. The van der Waals surface area contributed by atoms with E-state index in [1.807, 2.05) is 6.26 Å². The minimum Gasteiger partial charge on any atom is -0.348 e. The Kier molecular flexibility index (Phi) is 7.42. The average Bonchev–Trinajstić information content (AvgIpc) is 2.16. The molecule has 0 aliphatic carbocycles.